The van der Waals surface area contributed by atoms with Gasteiger partial charge >= 0.3 is 0 Å². The number of pyridine rings is 1. The van der Waals surface area contributed by atoms with Crippen molar-refractivity contribution in [1.82, 2.24) is 4.98 Å². The minimum absolute atomic E-state index is 0.140. The van der Waals surface area contributed by atoms with Gasteiger partial charge in [-0.2, -0.15) is 0 Å². The van der Waals surface area contributed by atoms with E-state index in [9.17, 15) is 21.6 Å². The van der Waals surface area contributed by atoms with Gasteiger partial charge in [0.15, 0.2) is 11.5 Å². The highest BCUT2D eigenvalue weighted by Crippen LogP contribution is 2.31. The number of hydrogen-bond acceptors (Lipinski definition) is 6. The highest BCUT2D eigenvalue weighted by Gasteiger charge is 2.21. The largest absolute Gasteiger partial charge is 0.493 e. The van der Waals surface area contributed by atoms with Crippen molar-refractivity contribution in [2.45, 2.75) is 11.4 Å². The fourth-order valence-corrected chi connectivity index (χ4v) is 3.95. The molecule has 0 aliphatic carbocycles. The summed E-state index contributed by atoms with van der Waals surface area (Å²) in [4.78, 5) is 3.69. The quantitative estimate of drug-likeness (QED) is 0.537. The number of halogens is 3. The molecule has 3 rings (SSSR count). The van der Waals surface area contributed by atoms with E-state index >= 15 is 0 Å². The zero-order chi connectivity index (χ0) is 22.6. The molecule has 7 nitrogen and oxygen atoms in total. The second-order valence-corrected chi connectivity index (χ2v) is 7.88. The third-order valence-electron chi connectivity index (χ3n) is 4.23. The van der Waals surface area contributed by atoms with Crippen molar-refractivity contribution < 1.29 is 31.1 Å². The minimum atomic E-state index is -4.14. The van der Waals surface area contributed by atoms with E-state index in [2.05, 4.69) is 15.0 Å². The van der Waals surface area contributed by atoms with Crippen LogP contribution in [0.2, 0.25) is 0 Å². The Hall–Kier alpha value is -3.47. The van der Waals surface area contributed by atoms with E-state index in [1.807, 2.05) is 0 Å². The molecule has 2 aromatic carbocycles. The molecule has 0 fully saturated rings. The molecule has 0 bridgehead atoms. The van der Waals surface area contributed by atoms with Gasteiger partial charge in [0.2, 0.25) is 0 Å². The van der Waals surface area contributed by atoms with E-state index in [0.29, 0.717) is 23.6 Å². The molecule has 164 valence electrons. The van der Waals surface area contributed by atoms with Crippen LogP contribution in [0.1, 0.15) is 5.56 Å². The molecule has 31 heavy (non-hydrogen) atoms. The van der Waals surface area contributed by atoms with Gasteiger partial charge in [0.25, 0.3) is 10.0 Å². The molecule has 1 aromatic heterocycles. The Labute approximate surface area is 176 Å². The van der Waals surface area contributed by atoms with E-state index in [-0.39, 0.29) is 16.4 Å². The van der Waals surface area contributed by atoms with Crippen LogP contribution in [-0.4, -0.2) is 27.6 Å². The molecule has 0 aliphatic rings. The Kier molecular flexibility index (Phi) is 6.54. The van der Waals surface area contributed by atoms with E-state index < -0.39 is 39.6 Å². The van der Waals surface area contributed by atoms with Crippen LogP contribution >= 0.6 is 0 Å². The smallest absolute Gasteiger partial charge is 0.265 e. The van der Waals surface area contributed by atoms with Gasteiger partial charge in [-0.25, -0.2) is 26.6 Å². The van der Waals surface area contributed by atoms with Gasteiger partial charge in [-0.05, 0) is 24.3 Å². The standard InChI is InChI=1S/C20H18F3N3O4S/c1-29-17-6-5-13(10-18(17)30-2)26-31(27,28)19-4-3-7-24-20(19)25-11-14-15(22)8-12(21)9-16(14)23/h3-10,26H,11H2,1-2H3,(H,24,25). The monoisotopic (exact) mass is 453 g/mol. The van der Waals surface area contributed by atoms with Crippen LogP contribution in [-0.2, 0) is 16.6 Å². The summed E-state index contributed by atoms with van der Waals surface area (Å²) in [5.74, 6) is -2.67. The number of nitrogens with zero attached hydrogens (tertiary/aromatic N) is 1. The first-order chi connectivity index (χ1) is 14.7. The lowest BCUT2D eigenvalue weighted by Crippen LogP contribution is -2.17. The second-order valence-electron chi connectivity index (χ2n) is 6.23. The number of anilines is 2. The van der Waals surface area contributed by atoms with E-state index in [1.165, 1.54) is 50.7 Å². The van der Waals surface area contributed by atoms with Gasteiger partial charge in [0.1, 0.15) is 28.2 Å². The van der Waals surface area contributed by atoms with Crippen molar-refractivity contribution in [2.75, 3.05) is 24.3 Å². The molecule has 3 aromatic rings. The molecule has 1 heterocycles. The number of rotatable bonds is 8. The number of nitrogens with one attached hydrogen (secondary N) is 2. The summed E-state index contributed by atoms with van der Waals surface area (Å²) in [5, 5.41) is 2.59. The second kappa shape index (κ2) is 9.13. The first-order valence-electron chi connectivity index (χ1n) is 8.82. The molecule has 0 radical (unpaired) electrons. The molecule has 0 saturated heterocycles. The van der Waals surface area contributed by atoms with Crippen LogP contribution in [0.5, 0.6) is 11.5 Å². The molecule has 0 atom stereocenters. The maximum Gasteiger partial charge on any atom is 0.265 e. The van der Waals surface area contributed by atoms with Crippen molar-refractivity contribution in [1.29, 1.82) is 0 Å². The normalized spacial score (nSPS) is 11.1. The summed E-state index contributed by atoms with van der Waals surface area (Å²) >= 11 is 0. The lowest BCUT2D eigenvalue weighted by atomic mass is 10.2. The van der Waals surface area contributed by atoms with Crippen LogP contribution in [0, 0.1) is 17.5 Å². The molecular formula is C20H18F3N3O4S. The number of ether oxygens (including phenoxy) is 2. The first kappa shape index (κ1) is 22.2. The van der Waals surface area contributed by atoms with Crippen molar-refractivity contribution in [3.8, 4) is 11.5 Å². The Morgan fingerprint density at radius 1 is 0.968 bits per heavy atom. The molecule has 0 unspecified atom stereocenters. The minimum Gasteiger partial charge on any atom is -0.493 e. The molecule has 2 N–H and O–H groups in total. The summed E-state index contributed by atoms with van der Waals surface area (Å²) in [5.41, 5.74) is -0.258. The third kappa shape index (κ3) is 5.00. The van der Waals surface area contributed by atoms with Crippen LogP contribution in [0.15, 0.2) is 53.6 Å². The number of benzene rings is 2. The highest BCUT2D eigenvalue weighted by atomic mass is 32.2. The SMILES string of the molecule is COc1ccc(NS(=O)(=O)c2cccnc2NCc2c(F)cc(F)cc2F)cc1OC. The van der Waals surface area contributed by atoms with Crippen molar-refractivity contribution in [3.63, 3.8) is 0 Å². The van der Waals surface area contributed by atoms with E-state index in [0.717, 1.165) is 0 Å². The van der Waals surface area contributed by atoms with Crippen LogP contribution in [0.25, 0.3) is 0 Å². The maximum atomic E-state index is 13.9. The van der Waals surface area contributed by atoms with Crippen LogP contribution < -0.4 is 19.5 Å². The lowest BCUT2D eigenvalue weighted by Gasteiger charge is -2.15. The summed E-state index contributed by atoms with van der Waals surface area (Å²) in [7, 11) is -1.28. The van der Waals surface area contributed by atoms with Crippen LogP contribution in [0.3, 0.4) is 0 Å². The average molecular weight is 453 g/mol. The lowest BCUT2D eigenvalue weighted by molar-refractivity contribution is 0.355. The molecule has 0 aliphatic heterocycles. The zero-order valence-electron chi connectivity index (χ0n) is 16.4. The van der Waals surface area contributed by atoms with Crippen molar-refractivity contribution in [3.05, 3.63) is 71.7 Å². The fraction of sp³-hybridized carbons (Fsp3) is 0.150. The van der Waals surface area contributed by atoms with Gasteiger partial charge in [-0.15, -0.1) is 0 Å². The molecule has 0 amide bonds. The Balaban J connectivity index is 1.87. The number of aromatic nitrogens is 1. The summed E-state index contributed by atoms with van der Waals surface area (Å²) < 4.78 is 79.3. The molecule has 0 saturated carbocycles. The van der Waals surface area contributed by atoms with Gasteiger partial charge in [0.05, 0.1) is 19.9 Å². The summed E-state index contributed by atoms with van der Waals surface area (Å²) in [6.07, 6.45) is 1.31. The van der Waals surface area contributed by atoms with E-state index in [1.54, 1.807) is 0 Å². The maximum absolute atomic E-state index is 13.9. The van der Waals surface area contributed by atoms with Crippen molar-refractivity contribution in [2.24, 2.45) is 0 Å². The number of methoxy groups -OCH3 is 2. The molecule has 11 heteroatoms. The van der Waals surface area contributed by atoms with E-state index in [4.69, 9.17) is 9.47 Å². The predicted molar refractivity (Wildman–Crippen MR) is 108 cm³/mol. The Bertz CT molecular complexity index is 1180. The first-order valence-corrected chi connectivity index (χ1v) is 10.3. The van der Waals surface area contributed by atoms with Gasteiger partial charge in [0, 0.05) is 36.5 Å². The van der Waals surface area contributed by atoms with Crippen LogP contribution in [0.4, 0.5) is 24.7 Å². The van der Waals surface area contributed by atoms with Gasteiger partial charge in [-0.3, -0.25) is 4.72 Å². The average Bonchev–Trinajstić information content (AvgIpc) is 2.72. The fourth-order valence-electron chi connectivity index (χ4n) is 2.76. The molecular weight excluding hydrogens is 435 g/mol. The third-order valence-corrected chi connectivity index (χ3v) is 5.65. The summed E-state index contributed by atoms with van der Waals surface area (Å²) in [6.45, 7) is -0.451. The number of hydrogen-bond donors (Lipinski definition) is 2. The summed E-state index contributed by atoms with van der Waals surface area (Å²) in [6, 6.07) is 8.18. The Morgan fingerprint density at radius 2 is 1.65 bits per heavy atom. The van der Waals surface area contributed by atoms with Crippen molar-refractivity contribution >= 4 is 21.5 Å². The topological polar surface area (TPSA) is 89.5 Å². The predicted octanol–water partition coefficient (Wildman–Crippen LogP) is 3.93. The Morgan fingerprint density at radius 3 is 2.29 bits per heavy atom. The number of sulfonamides is 1. The van der Waals surface area contributed by atoms with Gasteiger partial charge in [-0.1, -0.05) is 0 Å². The van der Waals surface area contributed by atoms with Gasteiger partial charge < -0.3 is 14.8 Å². The highest BCUT2D eigenvalue weighted by molar-refractivity contribution is 7.92. The zero-order valence-corrected chi connectivity index (χ0v) is 17.3. The molecule has 0 spiro atoms.